The number of benzene rings is 1. The molecule has 1 N–H and O–H groups in total. The van der Waals surface area contributed by atoms with E-state index in [0.29, 0.717) is 10.2 Å². The van der Waals surface area contributed by atoms with Gasteiger partial charge in [-0.3, -0.25) is 0 Å². The summed E-state index contributed by atoms with van der Waals surface area (Å²) in [5.41, 5.74) is 0.131. The van der Waals surface area contributed by atoms with Crippen LogP contribution in [0.3, 0.4) is 0 Å². The molecule has 1 aromatic rings. The van der Waals surface area contributed by atoms with Crippen molar-refractivity contribution >= 4 is 31.7 Å². The Hall–Kier alpha value is -1.08. The van der Waals surface area contributed by atoms with Gasteiger partial charge in [-0.25, -0.2) is 13.2 Å². The summed E-state index contributed by atoms with van der Waals surface area (Å²) < 4.78 is 28.8. The van der Waals surface area contributed by atoms with Gasteiger partial charge in [-0.15, -0.1) is 0 Å². The Kier molecular flexibility index (Phi) is 5.21. The lowest BCUT2D eigenvalue weighted by atomic mass is 10.2. The third-order valence-electron chi connectivity index (χ3n) is 2.72. The average molecular weight is 365 g/mol. The predicted molar refractivity (Wildman–Crippen MR) is 80.1 cm³/mol. The van der Waals surface area contributed by atoms with Crippen LogP contribution in [0.1, 0.15) is 31.1 Å². The van der Waals surface area contributed by atoms with Crippen LogP contribution in [-0.2, 0) is 9.84 Å². The van der Waals surface area contributed by atoms with Crippen molar-refractivity contribution in [2.45, 2.75) is 25.5 Å². The van der Waals surface area contributed by atoms with Crippen LogP contribution in [0.5, 0.6) is 5.75 Å². The molecule has 0 heterocycles. The maximum absolute atomic E-state index is 11.9. The SMILES string of the molecule is CC(C)(C)S(=O)(=O)CCOc1ccc(C(=O)O)cc1Br. The Morgan fingerprint density at radius 3 is 2.40 bits per heavy atom. The van der Waals surface area contributed by atoms with Crippen LogP contribution in [0.4, 0.5) is 0 Å². The first-order valence-electron chi connectivity index (χ1n) is 5.92. The minimum atomic E-state index is -3.24. The summed E-state index contributed by atoms with van der Waals surface area (Å²) in [5, 5.41) is 8.83. The van der Waals surface area contributed by atoms with Gasteiger partial charge in [0.25, 0.3) is 0 Å². The first-order chi connectivity index (χ1) is 9.04. The molecule has 112 valence electrons. The highest BCUT2D eigenvalue weighted by Gasteiger charge is 2.28. The Labute approximate surface area is 127 Å². The topological polar surface area (TPSA) is 80.7 Å². The molecule has 0 fully saturated rings. The standard InChI is InChI=1S/C13H17BrO5S/c1-13(2,3)20(17,18)7-6-19-11-5-4-9(12(15)16)8-10(11)14/h4-5,8H,6-7H2,1-3H3,(H,15,16). The van der Waals surface area contributed by atoms with E-state index in [9.17, 15) is 13.2 Å². The van der Waals surface area contributed by atoms with E-state index in [0.717, 1.165) is 0 Å². The molecule has 0 bridgehead atoms. The lowest BCUT2D eigenvalue weighted by molar-refractivity contribution is 0.0696. The van der Waals surface area contributed by atoms with Crippen LogP contribution >= 0.6 is 15.9 Å². The van der Waals surface area contributed by atoms with Gasteiger partial charge in [0.2, 0.25) is 0 Å². The zero-order chi connectivity index (χ0) is 15.6. The summed E-state index contributed by atoms with van der Waals surface area (Å²) in [6.07, 6.45) is 0. The maximum atomic E-state index is 11.9. The second-order valence-electron chi connectivity index (χ2n) is 5.23. The van der Waals surface area contributed by atoms with E-state index >= 15 is 0 Å². The van der Waals surface area contributed by atoms with Crippen molar-refractivity contribution < 1.29 is 23.1 Å². The van der Waals surface area contributed by atoms with Crippen LogP contribution in [-0.4, -0.2) is 36.6 Å². The molecule has 7 heteroatoms. The van der Waals surface area contributed by atoms with Gasteiger partial charge in [-0.05, 0) is 54.9 Å². The first kappa shape index (κ1) is 17.0. The van der Waals surface area contributed by atoms with Crippen molar-refractivity contribution in [2.24, 2.45) is 0 Å². The molecular formula is C13H17BrO5S. The molecular weight excluding hydrogens is 348 g/mol. The van der Waals surface area contributed by atoms with Gasteiger partial charge in [-0.1, -0.05) is 0 Å². The van der Waals surface area contributed by atoms with Crippen molar-refractivity contribution in [3.05, 3.63) is 28.2 Å². The van der Waals surface area contributed by atoms with E-state index in [1.165, 1.54) is 18.2 Å². The minimum absolute atomic E-state index is 0.0185. The first-order valence-corrected chi connectivity index (χ1v) is 8.37. The Balaban J connectivity index is 2.71. The number of aromatic carboxylic acids is 1. The molecule has 0 aliphatic rings. The number of hydrogen-bond acceptors (Lipinski definition) is 4. The van der Waals surface area contributed by atoms with Crippen molar-refractivity contribution in [3.8, 4) is 5.75 Å². The molecule has 0 saturated heterocycles. The number of halogens is 1. The zero-order valence-electron chi connectivity index (χ0n) is 11.5. The third-order valence-corrected chi connectivity index (χ3v) is 5.91. The minimum Gasteiger partial charge on any atom is -0.491 e. The summed E-state index contributed by atoms with van der Waals surface area (Å²) in [6, 6.07) is 4.31. The lowest BCUT2D eigenvalue weighted by Crippen LogP contribution is -2.32. The molecule has 5 nitrogen and oxygen atoms in total. The van der Waals surface area contributed by atoms with Crippen molar-refractivity contribution in [1.82, 2.24) is 0 Å². The van der Waals surface area contributed by atoms with Gasteiger partial charge in [0, 0.05) is 0 Å². The van der Waals surface area contributed by atoms with Crippen LogP contribution in [0, 0.1) is 0 Å². The van der Waals surface area contributed by atoms with Crippen LogP contribution in [0.2, 0.25) is 0 Å². The second-order valence-corrected chi connectivity index (χ2v) is 8.95. The Morgan fingerprint density at radius 1 is 1.35 bits per heavy atom. The molecule has 0 aliphatic heterocycles. The molecule has 0 radical (unpaired) electrons. The van der Waals surface area contributed by atoms with E-state index < -0.39 is 20.6 Å². The van der Waals surface area contributed by atoms with E-state index in [1.54, 1.807) is 20.8 Å². The van der Waals surface area contributed by atoms with Gasteiger partial charge in [0.15, 0.2) is 9.84 Å². The molecule has 0 unspecified atom stereocenters. The second kappa shape index (κ2) is 6.13. The molecule has 1 rings (SSSR count). The van der Waals surface area contributed by atoms with Crippen LogP contribution in [0.15, 0.2) is 22.7 Å². The average Bonchev–Trinajstić information content (AvgIpc) is 2.29. The monoisotopic (exact) mass is 364 g/mol. The molecule has 20 heavy (non-hydrogen) atoms. The van der Waals surface area contributed by atoms with Gasteiger partial charge in [0.05, 0.1) is 20.5 Å². The smallest absolute Gasteiger partial charge is 0.335 e. The van der Waals surface area contributed by atoms with E-state index in [2.05, 4.69) is 15.9 Å². The molecule has 1 aromatic carbocycles. The number of carboxylic acids is 1. The number of carbonyl (C=O) groups is 1. The number of hydrogen-bond donors (Lipinski definition) is 1. The lowest BCUT2D eigenvalue weighted by Gasteiger charge is -2.19. The highest BCUT2D eigenvalue weighted by Crippen LogP contribution is 2.26. The van der Waals surface area contributed by atoms with Gasteiger partial charge in [-0.2, -0.15) is 0 Å². The van der Waals surface area contributed by atoms with Gasteiger partial charge >= 0.3 is 5.97 Å². The number of sulfone groups is 1. The molecule has 0 spiro atoms. The van der Waals surface area contributed by atoms with Gasteiger partial charge in [0.1, 0.15) is 12.4 Å². The quantitative estimate of drug-likeness (QED) is 0.868. The third kappa shape index (κ3) is 4.21. The van der Waals surface area contributed by atoms with E-state index in [-0.39, 0.29) is 17.9 Å². The highest BCUT2D eigenvalue weighted by molar-refractivity contribution is 9.10. The molecule has 0 amide bonds. The summed E-state index contributed by atoms with van der Waals surface area (Å²) in [7, 11) is -3.24. The molecule has 0 aromatic heterocycles. The molecule has 0 aliphatic carbocycles. The van der Waals surface area contributed by atoms with Crippen LogP contribution in [0.25, 0.3) is 0 Å². The predicted octanol–water partition coefficient (Wildman–Crippen LogP) is 2.74. The Morgan fingerprint density at radius 2 is 1.95 bits per heavy atom. The normalized spacial score (nSPS) is 12.2. The van der Waals surface area contributed by atoms with E-state index in [1.807, 2.05) is 0 Å². The number of rotatable bonds is 5. The van der Waals surface area contributed by atoms with Crippen molar-refractivity contribution in [3.63, 3.8) is 0 Å². The van der Waals surface area contributed by atoms with Gasteiger partial charge < -0.3 is 9.84 Å². The number of ether oxygens (including phenoxy) is 1. The van der Waals surface area contributed by atoms with Crippen molar-refractivity contribution in [2.75, 3.05) is 12.4 Å². The summed E-state index contributed by atoms with van der Waals surface area (Å²) >= 11 is 3.20. The zero-order valence-corrected chi connectivity index (χ0v) is 13.9. The fourth-order valence-corrected chi connectivity index (χ4v) is 2.73. The van der Waals surface area contributed by atoms with Crippen LogP contribution < -0.4 is 4.74 Å². The highest BCUT2D eigenvalue weighted by atomic mass is 79.9. The largest absolute Gasteiger partial charge is 0.491 e. The summed E-state index contributed by atoms with van der Waals surface area (Å²) in [5.74, 6) is -0.712. The summed E-state index contributed by atoms with van der Waals surface area (Å²) in [4.78, 5) is 10.8. The molecule has 0 atom stereocenters. The fraction of sp³-hybridized carbons (Fsp3) is 0.462. The Bertz CT molecular complexity index is 602. The summed E-state index contributed by atoms with van der Waals surface area (Å²) in [6.45, 7) is 4.93. The maximum Gasteiger partial charge on any atom is 0.335 e. The van der Waals surface area contributed by atoms with Crippen molar-refractivity contribution in [1.29, 1.82) is 0 Å². The van der Waals surface area contributed by atoms with E-state index in [4.69, 9.17) is 9.84 Å². The molecule has 0 saturated carbocycles. The fourth-order valence-electron chi connectivity index (χ4n) is 1.32. The number of carboxylic acid groups (broad SMARTS) is 1.